The fourth-order valence-corrected chi connectivity index (χ4v) is 3.72. The minimum absolute atomic E-state index is 0. The molecule has 0 saturated heterocycles. The molecule has 2 amide bonds. The number of carbonyl (C=O) groups is 4. The van der Waals surface area contributed by atoms with Crippen LogP contribution in [0.15, 0.2) is 48.8 Å². The van der Waals surface area contributed by atoms with Gasteiger partial charge in [0.25, 0.3) is 0 Å². The van der Waals surface area contributed by atoms with Crippen LogP contribution in [0, 0.1) is 0 Å². The summed E-state index contributed by atoms with van der Waals surface area (Å²) >= 11 is 0. The van der Waals surface area contributed by atoms with Crippen molar-refractivity contribution in [3.05, 3.63) is 60.2 Å². The summed E-state index contributed by atoms with van der Waals surface area (Å²) in [5.41, 5.74) is 1.80. The van der Waals surface area contributed by atoms with E-state index in [-0.39, 0.29) is 39.7 Å². The Morgan fingerprint density at radius 3 is 1.89 bits per heavy atom. The first-order chi connectivity index (χ1) is 17.7. The summed E-state index contributed by atoms with van der Waals surface area (Å²) in [4.78, 5) is 56.7. The molecule has 2 atom stereocenters. The molecule has 0 aliphatic carbocycles. The van der Waals surface area contributed by atoms with Crippen molar-refractivity contribution in [1.29, 1.82) is 0 Å². The first-order valence-corrected chi connectivity index (χ1v) is 12.0. The predicted octanol–water partition coefficient (Wildman–Crippen LogP) is 2.11. The number of carbonyl (C=O) groups excluding carboxylic acids is 1. The first kappa shape index (κ1) is 32.6. The van der Waals surface area contributed by atoms with Crippen LogP contribution in [0.3, 0.4) is 0 Å². The molecule has 2 aromatic heterocycles. The Kier molecular flexibility index (Phi) is 15.4. The topological polar surface area (TPSA) is 182 Å². The van der Waals surface area contributed by atoms with Gasteiger partial charge in [-0.3, -0.25) is 24.5 Å². The molecule has 0 aliphatic rings. The van der Waals surface area contributed by atoms with Gasteiger partial charge in [-0.05, 0) is 56.5 Å². The molecule has 0 fully saturated rings. The second kappa shape index (κ2) is 18.0. The van der Waals surface area contributed by atoms with E-state index < -0.39 is 42.4 Å². The van der Waals surface area contributed by atoms with Gasteiger partial charge >= 0.3 is 23.9 Å². The molecule has 5 N–H and O–H groups in total. The number of hydrogen-bond donors (Lipinski definition) is 5. The number of carboxylic acid groups (broad SMARTS) is 3. The monoisotopic (exact) mass is 702 g/mol. The van der Waals surface area contributed by atoms with E-state index in [1.807, 2.05) is 36.4 Å². The van der Waals surface area contributed by atoms with Crippen molar-refractivity contribution in [3.63, 3.8) is 0 Å². The molecule has 2 heterocycles. The number of hydrogen-bond acceptors (Lipinski definition) is 7. The third-order valence-corrected chi connectivity index (χ3v) is 5.51. The summed E-state index contributed by atoms with van der Waals surface area (Å²) in [6, 6.07) is 8.42. The smallest absolute Gasteiger partial charge is 0.326 e. The molecule has 38 heavy (non-hydrogen) atoms. The van der Waals surface area contributed by atoms with Gasteiger partial charge in [-0.25, -0.2) is 9.59 Å². The zero-order valence-corrected chi connectivity index (χ0v) is 23.5. The predicted molar refractivity (Wildman–Crippen MR) is 132 cm³/mol. The van der Waals surface area contributed by atoms with Crippen molar-refractivity contribution >= 4 is 23.9 Å². The van der Waals surface area contributed by atoms with Crippen molar-refractivity contribution < 1.29 is 54.9 Å². The third kappa shape index (κ3) is 13.8. The molecule has 0 bridgehead atoms. The van der Waals surface area contributed by atoms with Crippen LogP contribution < -0.4 is 10.6 Å². The van der Waals surface area contributed by atoms with Crippen LogP contribution in [0.1, 0.15) is 49.9 Å². The van der Waals surface area contributed by atoms with E-state index in [1.54, 1.807) is 12.4 Å². The van der Waals surface area contributed by atoms with Gasteiger partial charge in [-0.2, -0.15) is 0 Å². The largest absolute Gasteiger partial charge is 0.481 e. The number of urea groups is 1. The van der Waals surface area contributed by atoms with Crippen molar-refractivity contribution in [2.75, 3.05) is 6.54 Å². The molecular weight excluding hydrogens is 669 g/mol. The summed E-state index contributed by atoms with van der Waals surface area (Å²) in [5, 5.41) is 32.1. The third-order valence-electron chi connectivity index (χ3n) is 5.51. The molecule has 13 heteroatoms. The maximum atomic E-state index is 12.3. The minimum atomic E-state index is -1.21. The van der Waals surface area contributed by atoms with Gasteiger partial charge in [-0.1, -0.05) is 12.1 Å². The van der Waals surface area contributed by atoms with E-state index in [9.17, 15) is 24.3 Å². The second-order valence-electron chi connectivity index (χ2n) is 8.58. The zero-order valence-electron chi connectivity index (χ0n) is 20.8. The Bertz CT molecular complexity index is 972. The summed E-state index contributed by atoms with van der Waals surface area (Å²) in [6.07, 6.45) is 3.91. The summed E-state index contributed by atoms with van der Waals surface area (Å²) in [7, 11) is 0. The SMILES string of the molecule is O=C(O)CCC(CC(=O)O)NC(=O)NC(CCCCN(Cc1ccccn1)Cc1ccccn1)C(=O)O.[Re]. The van der Waals surface area contributed by atoms with E-state index >= 15 is 0 Å². The number of nitrogens with one attached hydrogen (secondary N) is 2. The van der Waals surface area contributed by atoms with Gasteiger partial charge in [0, 0.05) is 58.4 Å². The van der Waals surface area contributed by atoms with Gasteiger partial charge < -0.3 is 26.0 Å². The van der Waals surface area contributed by atoms with E-state index in [0.717, 1.165) is 11.4 Å². The Balaban J connectivity index is 0.00000722. The average molecular weight is 702 g/mol. The molecule has 2 rings (SSSR count). The number of rotatable bonds is 17. The number of unbranched alkanes of at least 4 members (excludes halogenated alkanes) is 1. The Morgan fingerprint density at radius 2 is 1.42 bits per heavy atom. The van der Waals surface area contributed by atoms with Crippen LogP contribution in [0.25, 0.3) is 0 Å². The van der Waals surface area contributed by atoms with Gasteiger partial charge in [0.1, 0.15) is 6.04 Å². The molecular formula is C25H33N5O7Re. The number of nitrogens with zero attached hydrogens (tertiary/aromatic N) is 3. The minimum Gasteiger partial charge on any atom is -0.481 e. The van der Waals surface area contributed by atoms with Crippen LogP contribution in [0.5, 0.6) is 0 Å². The van der Waals surface area contributed by atoms with Crippen molar-refractivity contribution in [2.45, 2.75) is 63.7 Å². The van der Waals surface area contributed by atoms with Crippen molar-refractivity contribution in [3.8, 4) is 0 Å². The first-order valence-electron chi connectivity index (χ1n) is 12.0. The molecule has 0 saturated carbocycles. The number of aromatic nitrogens is 2. The number of aliphatic carboxylic acids is 3. The summed E-state index contributed by atoms with van der Waals surface area (Å²) < 4.78 is 0. The Hall–Kier alpha value is -3.40. The number of pyridine rings is 2. The van der Waals surface area contributed by atoms with Crippen molar-refractivity contribution in [1.82, 2.24) is 25.5 Å². The van der Waals surface area contributed by atoms with E-state index in [2.05, 4.69) is 25.5 Å². The molecule has 0 aromatic carbocycles. The molecule has 207 valence electrons. The summed E-state index contributed by atoms with van der Waals surface area (Å²) in [5.74, 6) is -3.54. The van der Waals surface area contributed by atoms with Crippen LogP contribution >= 0.6 is 0 Å². The fraction of sp³-hybridized carbons (Fsp3) is 0.440. The Morgan fingerprint density at radius 1 is 0.816 bits per heavy atom. The fourth-order valence-electron chi connectivity index (χ4n) is 3.72. The molecule has 2 aromatic rings. The van der Waals surface area contributed by atoms with Gasteiger partial charge in [-0.15, -0.1) is 0 Å². The van der Waals surface area contributed by atoms with Gasteiger partial charge in [0.2, 0.25) is 0 Å². The van der Waals surface area contributed by atoms with E-state index in [1.165, 1.54) is 0 Å². The van der Waals surface area contributed by atoms with E-state index in [4.69, 9.17) is 10.2 Å². The molecule has 12 nitrogen and oxygen atoms in total. The summed E-state index contributed by atoms with van der Waals surface area (Å²) in [6.45, 7) is 1.85. The zero-order chi connectivity index (χ0) is 27.0. The second-order valence-corrected chi connectivity index (χ2v) is 8.58. The maximum Gasteiger partial charge on any atom is 0.326 e. The molecule has 2 unspecified atom stereocenters. The quantitative estimate of drug-likeness (QED) is 0.153. The van der Waals surface area contributed by atoms with Crippen LogP contribution in [-0.2, 0) is 47.9 Å². The van der Waals surface area contributed by atoms with E-state index in [0.29, 0.717) is 32.5 Å². The number of amides is 2. The average Bonchev–Trinajstić information content (AvgIpc) is 2.85. The van der Waals surface area contributed by atoms with Crippen molar-refractivity contribution in [2.24, 2.45) is 0 Å². The van der Waals surface area contributed by atoms with Crippen LogP contribution in [0.4, 0.5) is 4.79 Å². The molecule has 0 spiro atoms. The van der Waals surface area contributed by atoms with Gasteiger partial charge in [0.15, 0.2) is 0 Å². The number of carboxylic acids is 3. The maximum absolute atomic E-state index is 12.3. The Labute approximate surface area is 234 Å². The van der Waals surface area contributed by atoms with Crippen LogP contribution in [0.2, 0.25) is 0 Å². The standard InChI is InChI=1S/C25H33N5O7.Re/c31-22(32)11-10-18(15-23(33)34)28-25(37)29-21(24(35)36)9-3-6-14-30(16-19-7-1-4-12-26-19)17-20-8-2-5-13-27-20;/h1-2,4-5,7-8,12-13,18,21H,3,6,9-11,14-17H2,(H,31,32)(H,33,34)(H,35,36)(H2,28,29,37);. The van der Waals surface area contributed by atoms with Gasteiger partial charge in [0.05, 0.1) is 17.8 Å². The molecule has 1 radical (unpaired) electrons. The molecule has 0 aliphatic heterocycles. The normalized spacial score (nSPS) is 12.1. The van der Waals surface area contributed by atoms with Crippen LogP contribution in [-0.4, -0.2) is 72.8 Å².